The van der Waals surface area contributed by atoms with E-state index < -0.39 is 12.1 Å². The number of carbonyl (C=O) groups is 1. The second-order valence-electron chi connectivity index (χ2n) is 1.24. The molecule has 1 radical (unpaired) electrons. The summed E-state index contributed by atoms with van der Waals surface area (Å²) >= 11 is 0. The van der Waals surface area contributed by atoms with Gasteiger partial charge in [-0.25, -0.2) is 4.79 Å². The maximum Gasteiger partial charge on any atom is 0.339 e. The summed E-state index contributed by atoms with van der Waals surface area (Å²) in [6, 6.07) is 0. The van der Waals surface area contributed by atoms with Crippen molar-refractivity contribution in [2.24, 2.45) is 0 Å². The van der Waals surface area contributed by atoms with E-state index in [-0.39, 0.29) is 6.42 Å². The van der Waals surface area contributed by atoms with E-state index >= 15 is 0 Å². The van der Waals surface area contributed by atoms with Crippen LogP contribution in [0.3, 0.4) is 0 Å². The SMILES string of the molecule is C=CC[C](O)C(=O)O. The quantitative estimate of drug-likeness (QED) is 0.528. The van der Waals surface area contributed by atoms with Gasteiger partial charge in [-0.15, -0.1) is 6.58 Å². The molecule has 8 heavy (non-hydrogen) atoms. The monoisotopic (exact) mass is 115 g/mol. The first-order valence-corrected chi connectivity index (χ1v) is 2.07. The van der Waals surface area contributed by atoms with Crippen LogP contribution in [0.5, 0.6) is 0 Å². The highest BCUT2D eigenvalue weighted by Gasteiger charge is 2.10. The van der Waals surface area contributed by atoms with Gasteiger partial charge in [0.25, 0.3) is 0 Å². The lowest BCUT2D eigenvalue weighted by Crippen LogP contribution is -2.08. The molecule has 0 aliphatic heterocycles. The second kappa shape index (κ2) is 3.21. The van der Waals surface area contributed by atoms with E-state index in [9.17, 15) is 4.79 Å². The summed E-state index contributed by atoms with van der Waals surface area (Å²) in [4.78, 5) is 9.75. The molecule has 0 heterocycles. The van der Waals surface area contributed by atoms with Crippen LogP contribution in [-0.4, -0.2) is 16.2 Å². The van der Waals surface area contributed by atoms with Gasteiger partial charge in [-0.2, -0.15) is 0 Å². The van der Waals surface area contributed by atoms with Gasteiger partial charge in [0, 0.05) is 6.42 Å². The molecule has 0 aromatic carbocycles. The number of hydrogen-bond donors (Lipinski definition) is 2. The van der Waals surface area contributed by atoms with Crippen molar-refractivity contribution in [1.29, 1.82) is 0 Å². The van der Waals surface area contributed by atoms with Gasteiger partial charge in [-0.1, -0.05) is 6.08 Å². The van der Waals surface area contributed by atoms with Crippen molar-refractivity contribution in [3.05, 3.63) is 18.8 Å². The summed E-state index contributed by atoms with van der Waals surface area (Å²) in [5.41, 5.74) is 0. The van der Waals surface area contributed by atoms with Gasteiger partial charge in [0.15, 0.2) is 0 Å². The van der Waals surface area contributed by atoms with Gasteiger partial charge >= 0.3 is 5.97 Å². The molecule has 3 nitrogen and oxygen atoms in total. The zero-order valence-electron chi connectivity index (χ0n) is 4.29. The highest BCUT2D eigenvalue weighted by atomic mass is 16.4. The fourth-order valence-electron chi connectivity index (χ4n) is 0.224. The molecule has 0 aliphatic carbocycles. The standard InChI is InChI=1S/C5H7O3/c1-2-3-4(6)5(7)8/h2,6H,1,3H2,(H,7,8). The Balaban J connectivity index is 3.46. The fraction of sp³-hybridized carbons (Fsp3) is 0.200. The molecule has 0 unspecified atom stereocenters. The highest BCUT2D eigenvalue weighted by molar-refractivity contribution is 5.80. The third-order valence-corrected chi connectivity index (χ3v) is 0.585. The molecule has 3 heteroatoms. The Morgan fingerprint density at radius 2 is 2.12 bits per heavy atom. The molecule has 2 N–H and O–H groups in total. The van der Waals surface area contributed by atoms with Crippen molar-refractivity contribution < 1.29 is 15.0 Å². The predicted octanol–water partition coefficient (Wildman–Crippen LogP) is 0.552. The van der Waals surface area contributed by atoms with E-state index in [0.717, 1.165) is 0 Å². The molecule has 0 aromatic heterocycles. The van der Waals surface area contributed by atoms with Crippen LogP contribution in [0.15, 0.2) is 12.7 Å². The first-order valence-electron chi connectivity index (χ1n) is 2.07. The lowest BCUT2D eigenvalue weighted by Gasteiger charge is -1.95. The molecule has 0 fully saturated rings. The van der Waals surface area contributed by atoms with E-state index in [0.29, 0.717) is 0 Å². The van der Waals surface area contributed by atoms with E-state index in [1.165, 1.54) is 6.08 Å². The first kappa shape index (κ1) is 7.17. The van der Waals surface area contributed by atoms with Gasteiger partial charge in [0.1, 0.15) is 0 Å². The maximum atomic E-state index is 9.75. The predicted molar refractivity (Wildman–Crippen MR) is 27.6 cm³/mol. The Kier molecular flexibility index (Phi) is 2.88. The van der Waals surface area contributed by atoms with Crippen LogP contribution in [0.2, 0.25) is 0 Å². The van der Waals surface area contributed by atoms with Crippen molar-refractivity contribution >= 4 is 5.97 Å². The van der Waals surface area contributed by atoms with E-state index in [1.807, 2.05) is 0 Å². The first-order chi connectivity index (χ1) is 3.68. The van der Waals surface area contributed by atoms with Crippen LogP contribution in [0, 0.1) is 6.10 Å². The number of rotatable bonds is 3. The molecule has 0 saturated heterocycles. The van der Waals surface area contributed by atoms with Crippen molar-refractivity contribution in [3.63, 3.8) is 0 Å². The lowest BCUT2D eigenvalue weighted by atomic mass is 10.3. The number of hydrogen-bond acceptors (Lipinski definition) is 2. The largest absolute Gasteiger partial charge is 0.479 e. The number of carboxylic acids is 1. The summed E-state index contributed by atoms with van der Waals surface area (Å²) < 4.78 is 0. The average molecular weight is 115 g/mol. The van der Waals surface area contributed by atoms with Crippen LogP contribution < -0.4 is 0 Å². The molecule has 0 rings (SSSR count). The molecular weight excluding hydrogens is 108 g/mol. The minimum atomic E-state index is -1.29. The van der Waals surface area contributed by atoms with Gasteiger partial charge in [0.2, 0.25) is 6.10 Å². The summed E-state index contributed by atoms with van der Waals surface area (Å²) in [6.45, 7) is 3.24. The minimum absolute atomic E-state index is 0.0231. The van der Waals surface area contributed by atoms with Gasteiger partial charge < -0.3 is 10.2 Å². The van der Waals surface area contributed by atoms with Crippen molar-refractivity contribution in [2.45, 2.75) is 6.42 Å². The van der Waals surface area contributed by atoms with Crippen LogP contribution in [0.25, 0.3) is 0 Å². The van der Waals surface area contributed by atoms with E-state index in [4.69, 9.17) is 10.2 Å². The fourth-order valence-corrected chi connectivity index (χ4v) is 0.224. The second-order valence-corrected chi connectivity index (χ2v) is 1.24. The molecular formula is C5H7O3. The van der Waals surface area contributed by atoms with E-state index in [2.05, 4.69) is 6.58 Å². The summed E-state index contributed by atoms with van der Waals surface area (Å²) in [5.74, 6) is -1.29. The average Bonchev–Trinajstić information content (AvgIpc) is 1.67. The number of aliphatic carboxylic acids is 1. The lowest BCUT2D eigenvalue weighted by molar-refractivity contribution is -0.139. The van der Waals surface area contributed by atoms with Crippen molar-refractivity contribution in [2.75, 3.05) is 0 Å². The third kappa shape index (κ3) is 2.36. The molecule has 45 valence electrons. The number of carboxylic acid groups (broad SMARTS) is 1. The Hall–Kier alpha value is -0.830. The van der Waals surface area contributed by atoms with Gasteiger partial charge in [0.05, 0.1) is 0 Å². The Bertz CT molecular complexity index is 97.8. The normalized spacial score (nSPS) is 9.25. The Labute approximate surface area is 47.3 Å². The van der Waals surface area contributed by atoms with Crippen LogP contribution >= 0.6 is 0 Å². The van der Waals surface area contributed by atoms with Gasteiger partial charge in [-0.05, 0) is 0 Å². The molecule has 0 aromatic rings. The van der Waals surface area contributed by atoms with Crippen molar-refractivity contribution in [3.8, 4) is 0 Å². The zero-order chi connectivity index (χ0) is 6.57. The molecule has 0 saturated carbocycles. The highest BCUT2D eigenvalue weighted by Crippen LogP contribution is 1.99. The number of aliphatic hydroxyl groups is 1. The molecule has 0 spiro atoms. The third-order valence-electron chi connectivity index (χ3n) is 0.585. The minimum Gasteiger partial charge on any atom is -0.479 e. The van der Waals surface area contributed by atoms with Crippen LogP contribution in [0.4, 0.5) is 0 Å². The molecule has 0 amide bonds. The molecule has 0 aliphatic rings. The summed E-state index contributed by atoms with van der Waals surface area (Å²) in [6.07, 6.45) is 0.777. The summed E-state index contributed by atoms with van der Waals surface area (Å²) in [5, 5.41) is 16.4. The number of aliphatic hydroxyl groups excluding tert-OH is 1. The smallest absolute Gasteiger partial charge is 0.339 e. The topological polar surface area (TPSA) is 57.5 Å². The maximum absolute atomic E-state index is 9.75. The van der Waals surface area contributed by atoms with Crippen molar-refractivity contribution in [1.82, 2.24) is 0 Å². The van der Waals surface area contributed by atoms with Crippen LogP contribution in [-0.2, 0) is 4.79 Å². The molecule has 0 atom stereocenters. The molecule has 0 bridgehead atoms. The Morgan fingerprint density at radius 3 is 2.25 bits per heavy atom. The van der Waals surface area contributed by atoms with Crippen LogP contribution in [0.1, 0.15) is 6.42 Å². The van der Waals surface area contributed by atoms with E-state index in [1.54, 1.807) is 0 Å². The van der Waals surface area contributed by atoms with Gasteiger partial charge in [-0.3, -0.25) is 0 Å². The Morgan fingerprint density at radius 1 is 1.62 bits per heavy atom. The zero-order valence-corrected chi connectivity index (χ0v) is 4.29. The summed E-state index contributed by atoms with van der Waals surface area (Å²) in [7, 11) is 0.